The van der Waals surface area contributed by atoms with Gasteiger partial charge in [0, 0.05) is 30.6 Å². The molecule has 0 bridgehead atoms. The van der Waals surface area contributed by atoms with Crippen LogP contribution in [-0.2, 0) is 9.59 Å². The first-order valence-electron chi connectivity index (χ1n) is 14.0. The summed E-state index contributed by atoms with van der Waals surface area (Å²) in [5.74, 6) is 1.56. The lowest BCUT2D eigenvalue weighted by atomic mass is 9.87. The van der Waals surface area contributed by atoms with Crippen LogP contribution in [0.15, 0.2) is 23.2 Å². The van der Waals surface area contributed by atoms with E-state index in [1.807, 2.05) is 25.1 Å². The molecule has 8 heteroatoms. The van der Waals surface area contributed by atoms with Crippen molar-refractivity contribution >= 4 is 23.9 Å². The zero-order valence-corrected chi connectivity index (χ0v) is 22.2. The molecule has 2 amide bonds. The van der Waals surface area contributed by atoms with Crippen molar-refractivity contribution < 1.29 is 19.1 Å². The van der Waals surface area contributed by atoms with Gasteiger partial charge in [0.15, 0.2) is 5.78 Å². The fourth-order valence-corrected chi connectivity index (χ4v) is 6.86. The Morgan fingerprint density at radius 1 is 1.03 bits per heavy atom. The minimum Gasteiger partial charge on any atom is -0.496 e. The molecule has 200 valence electrons. The third-order valence-corrected chi connectivity index (χ3v) is 8.96. The summed E-state index contributed by atoms with van der Waals surface area (Å²) in [6, 6.07) is 5.88. The molecule has 3 unspecified atom stereocenters. The number of piperidine rings is 1. The molecule has 3 fully saturated rings. The Balaban J connectivity index is 1.16. The molecule has 2 saturated heterocycles. The van der Waals surface area contributed by atoms with E-state index in [1.54, 1.807) is 13.4 Å². The van der Waals surface area contributed by atoms with Gasteiger partial charge < -0.3 is 14.5 Å². The number of hydrogen-bond donors (Lipinski definition) is 0. The van der Waals surface area contributed by atoms with E-state index in [1.165, 1.54) is 19.3 Å². The molecule has 0 aromatic heterocycles. The fraction of sp³-hybridized carbons (Fsp3) is 0.655. The maximum Gasteiger partial charge on any atom is 0.266 e. The van der Waals surface area contributed by atoms with Crippen molar-refractivity contribution in [3.8, 4) is 5.75 Å². The number of rotatable bonds is 7. The van der Waals surface area contributed by atoms with E-state index in [0.29, 0.717) is 12.5 Å². The number of methoxy groups -OCH3 is 1. The van der Waals surface area contributed by atoms with Crippen molar-refractivity contribution in [3.05, 3.63) is 29.3 Å². The van der Waals surface area contributed by atoms with Crippen LogP contribution < -0.4 is 4.74 Å². The predicted octanol–water partition coefficient (Wildman–Crippen LogP) is 3.32. The first-order valence-corrected chi connectivity index (χ1v) is 14.0. The highest BCUT2D eigenvalue weighted by Gasteiger charge is 2.40. The molecule has 3 aliphatic heterocycles. The van der Waals surface area contributed by atoms with E-state index in [-0.39, 0.29) is 35.6 Å². The Bertz CT molecular complexity index is 1050. The summed E-state index contributed by atoms with van der Waals surface area (Å²) in [6.45, 7) is 5.48. The zero-order valence-electron chi connectivity index (χ0n) is 22.2. The van der Waals surface area contributed by atoms with E-state index >= 15 is 0 Å². The molecule has 1 saturated carbocycles. The van der Waals surface area contributed by atoms with Crippen LogP contribution in [-0.4, -0.2) is 90.6 Å². The lowest BCUT2D eigenvalue weighted by Crippen LogP contribution is -2.48. The molecular weight excluding hydrogens is 468 g/mol. The summed E-state index contributed by atoms with van der Waals surface area (Å²) in [6.07, 6.45) is 9.88. The normalized spacial score (nSPS) is 27.7. The number of carbonyl (C=O) groups excluding carboxylic acids is 3. The molecule has 37 heavy (non-hydrogen) atoms. The lowest BCUT2D eigenvalue weighted by Gasteiger charge is -2.36. The number of ketones is 1. The molecule has 3 atom stereocenters. The highest BCUT2D eigenvalue weighted by atomic mass is 16.5. The number of amides is 2. The number of carbonyl (C=O) groups is 3. The average molecular weight is 509 g/mol. The number of aliphatic imine (C=N–C) groups is 1. The highest BCUT2D eigenvalue weighted by molar-refractivity contribution is 5.98. The number of hydrogen-bond acceptors (Lipinski definition) is 6. The van der Waals surface area contributed by atoms with E-state index in [0.717, 1.165) is 75.2 Å². The van der Waals surface area contributed by atoms with Gasteiger partial charge in [0.05, 0.1) is 19.5 Å². The van der Waals surface area contributed by atoms with E-state index in [9.17, 15) is 14.4 Å². The van der Waals surface area contributed by atoms with Gasteiger partial charge in [-0.1, -0.05) is 19.3 Å². The first-order chi connectivity index (χ1) is 17.9. The van der Waals surface area contributed by atoms with Crippen LogP contribution in [0.1, 0.15) is 67.3 Å². The molecule has 1 aliphatic carbocycles. The van der Waals surface area contributed by atoms with Crippen molar-refractivity contribution in [2.45, 2.75) is 70.4 Å². The second kappa shape index (κ2) is 11.3. The monoisotopic (exact) mass is 508 g/mol. The predicted molar refractivity (Wildman–Crippen MR) is 142 cm³/mol. The Hall–Kier alpha value is -2.74. The van der Waals surface area contributed by atoms with E-state index in [2.05, 4.69) is 19.7 Å². The van der Waals surface area contributed by atoms with Crippen molar-refractivity contribution in [1.29, 1.82) is 0 Å². The van der Waals surface area contributed by atoms with E-state index < -0.39 is 0 Å². The molecule has 0 N–H and O–H groups in total. The molecule has 4 aliphatic rings. The third kappa shape index (κ3) is 5.59. The molecule has 8 nitrogen and oxygen atoms in total. The molecule has 1 aromatic carbocycles. The van der Waals surface area contributed by atoms with Gasteiger partial charge >= 0.3 is 0 Å². The molecule has 1 aromatic rings. The fourth-order valence-electron chi connectivity index (χ4n) is 6.86. The third-order valence-electron chi connectivity index (χ3n) is 8.96. The van der Waals surface area contributed by atoms with Crippen LogP contribution in [0.4, 0.5) is 0 Å². The van der Waals surface area contributed by atoms with Gasteiger partial charge in [0.1, 0.15) is 12.3 Å². The molecule has 5 rings (SSSR count). The van der Waals surface area contributed by atoms with Crippen LogP contribution >= 0.6 is 0 Å². The van der Waals surface area contributed by atoms with Gasteiger partial charge in [0.2, 0.25) is 5.91 Å². The largest absolute Gasteiger partial charge is 0.496 e. The average Bonchev–Trinajstić information content (AvgIpc) is 3.41. The maximum absolute atomic E-state index is 13.5. The zero-order chi connectivity index (χ0) is 25.9. The summed E-state index contributed by atoms with van der Waals surface area (Å²) in [4.78, 5) is 48.8. The summed E-state index contributed by atoms with van der Waals surface area (Å²) in [5, 5.41) is 0. The minimum atomic E-state index is -0.0709. The summed E-state index contributed by atoms with van der Waals surface area (Å²) < 4.78 is 5.33. The summed E-state index contributed by atoms with van der Waals surface area (Å²) in [7, 11) is 1.64. The number of likely N-dealkylation sites (tertiary alicyclic amines) is 2. The first kappa shape index (κ1) is 25.9. The number of nitrogens with zero attached hydrogens (tertiary/aromatic N) is 4. The van der Waals surface area contributed by atoms with Crippen molar-refractivity contribution in [2.24, 2.45) is 16.8 Å². The van der Waals surface area contributed by atoms with Gasteiger partial charge in [-0.05, 0) is 81.8 Å². The highest BCUT2D eigenvalue weighted by Crippen LogP contribution is 2.32. The second-order valence-electron chi connectivity index (χ2n) is 11.2. The number of Topliss-reactive ketones (excluding diaryl/α,β-unsaturated/α-hetero) is 1. The number of aryl methyl sites for hydroxylation is 1. The maximum atomic E-state index is 13.5. The van der Waals surface area contributed by atoms with Crippen molar-refractivity contribution in [2.75, 3.05) is 39.8 Å². The Labute approximate surface area is 220 Å². The standard InChI is InChI=1S/C29H40N4O4/c1-20-16-22(8-9-26(20)37-2)28(35)21-10-13-31(14-11-21)25-12-15-32(29(25)36)17-23-6-4-3-5-7-24(23)33-18-27(34)30-19-33/h8-9,16,19,21,23-25H,3-7,10-15,17-18H2,1-2H3. The van der Waals surface area contributed by atoms with Crippen LogP contribution in [0.2, 0.25) is 0 Å². The van der Waals surface area contributed by atoms with Gasteiger partial charge in [-0.15, -0.1) is 0 Å². The topological polar surface area (TPSA) is 82.5 Å². The second-order valence-corrected chi connectivity index (χ2v) is 11.2. The number of ether oxygens (including phenoxy) is 1. The molecule has 0 radical (unpaired) electrons. The van der Waals surface area contributed by atoms with Gasteiger partial charge in [-0.3, -0.25) is 19.3 Å². The lowest BCUT2D eigenvalue weighted by molar-refractivity contribution is -0.133. The molecule has 3 heterocycles. The smallest absolute Gasteiger partial charge is 0.266 e. The van der Waals surface area contributed by atoms with Crippen LogP contribution in [0.25, 0.3) is 0 Å². The van der Waals surface area contributed by atoms with Crippen molar-refractivity contribution in [1.82, 2.24) is 14.7 Å². The van der Waals surface area contributed by atoms with E-state index in [4.69, 9.17) is 4.74 Å². The van der Waals surface area contributed by atoms with Crippen molar-refractivity contribution in [3.63, 3.8) is 0 Å². The minimum absolute atomic E-state index is 0.00763. The molecule has 0 spiro atoms. The number of benzene rings is 1. The van der Waals surface area contributed by atoms with Gasteiger partial charge in [-0.2, -0.15) is 0 Å². The van der Waals surface area contributed by atoms with Crippen LogP contribution in [0, 0.1) is 18.8 Å². The van der Waals surface area contributed by atoms with Crippen LogP contribution in [0.5, 0.6) is 5.75 Å². The quantitative estimate of drug-likeness (QED) is 0.415. The molecular formula is C29H40N4O4. The summed E-state index contributed by atoms with van der Waals surface area (Å²) in [5.41, 5.74) is 1.73. The van der Waals surface area contributed by atoms with Gasteiger partial charge in [0.25, 0.3) is 5.91 Å². The Morgan fingerprint density at radius 2 is 1.81 bits per heavy atom. The van der Waals surface area contributed by atoms with Crippen LogP contribution in [0.3, 0.4) is 0 Å². The van der Waals surface area contributed by atoms with Gasteiger partial charge in [-0.25, -0.2) is 4.99 Å². The Kier molecular flexibility index (Phi) is 7.93. The Morgan fingerprint density at radius 3 is 2.51 bits per heavy atom. The SMILES string of the molecule is COc1ccc(C(=O)C2CCN(C3CCN(CC4CCCCCC4N4C=NC(=O)C4)C3=O)CC2)cc1C. The summed E-state index contributed by atoms with van der Waals surface area (Å²) >= 11 is 0.